The molecule has 3 rings (SSSR count). The standard InChI is InChI=1S/C23H25ClN2O4S2/c1-17-9-11-20(31-17)16-26(14-13-18-7-5-4-6-8-18)23(27)19-10-12-21(24)22(15-19)32(28,29)25(2)30-3/h4-12,15H,13-14,16H2,1-3H3. The summed E-state index contributed by atoms with van der Waals surface area (Å²) >= 11 is 7.79. The summed E-state index contributed by atoms with van der Waals surface area (Å²) in [6, 6.07) is 18.2. The second-order valence-electron chi connectivity index (χ2n) is 7.22. The molecular weight excluding hydrogens is 468 g/mol. The monoisotopic (exact) mass is 492 g/mol. The van der Waals surface area contributed by atoms with E-state index in [0.717, 1.165) is 15.3 Å². The van der Waals surface area contributed by atoms with Crippen LogP contribution in [0.25, 0.3) is 0 Å². The lowest BCUT2D eigenvalue weighted by Gasteiger charge is -2.23. The van der Waals surface area contributed by atoms with E-state index >= 15 is 0 Å². The van der Waals surface area contributed by atoms with Gasteiger partial charge in [0, 0.05) is 28.9 Å². The number of hydrogen-bond acceptors (Lipinski definition) is 5. The van der Waals surface area contributed by atoms with Gasteiger partial charge in [-0.1, -0.05) is 46.4 Å². The highest BCUT2D eigenvalue weighted by Crippen LogP contribution is 2.27. The molecule has 9 heteroatoms. The minimum Gasteiger partial charge on any atom is -0.333 e. The maximum Gasteiger partial charge on any atom is 0.266 e. The third-order valence-electron chi connectivity index (χ3n) is 4.99. The van der Waals surface area contributed by atoms with E-state index in [4.69, 9.17) is 16.4 Å². The number of thiophene rings is 1. The average molecular weight is 493 g/mol. The van der Waals surface area contributed by atoms with Gasteiger partial charge in [-0.2, -0.15) is 0 Å². The molecule has 1 amide bonds. The molecule has 0 aliphatic rings. The van der Waals surface area contributed by atoms with Crippen molar-refractivity contribution in [1.29, 1.82) is 0 Å². The lowest BCUT2D eigenvalue weighted by molar-refractivity contribution is -0.0258. The number of aryl methyl sites for hydroxylation is 1. The van der Waals surface area contributed by atoms with Crippen molar-refractivity contribution < 1.29 is 18.0 Å². The molecule has 0 atom stereocenters. The topological polar surface area (TPSA) is 66.9 Å². The highest BCUT2D eigenvalue weighted by molar-refractivity contribution is 7.89. The minimum absolute atomic E-state index is 0.0233. The predicted octanol–water partition coefficient (Wildman–Crippen LogP) is 4.78. The third-order valence-corrected chi connectivity index (χ3v) is 8.14. The van der Waals surface area contributed by atoms with Crippen molar-refractivity contribution in [2.45, 2.75) is 24.8 Å². The summed E-state index contributed by atoms with van der Waals surface area (Å²) in [5.41, 5.74) is 1.37. The number of amides is 1. The van der Waals surface area contributed by atoms with Crippen molar-refractivity contribution in [2.24, 2.45) is 0 Å². The molecule has 0 fully saturated rings. The molecule has 0 bridgehead atoms. The molecule has 1 heterocycles. The van der Waals surface area contributed by atoms with Crippen LogP contribution in [-0.4, -0.2) is 44.4 Å². The van der Waals surface area contributed by atoms with Crippen molar-refractivity contribution >= 4 is 38.9 Å². The van der Waals surface area contributed by atoms with Crippen molar-refractivity contribution in [3.8, 4) is 0 Å². The van der Waals surface area contributed by atoms with E-state index in [-0.39, 0.29) is 21.4 Å². The number of rotatable bonds is 9. The van der Waals surface area contributed by atoms with Crippen LogP contribution in [0.15, 0.2) is 65.6 Å². The number of hydroxylamine groups is 1. The van der Waals surface area contributed by atoms with E-state index in [9.17, 15) is 13.2 Å². The number of benzene rings is 2. The second-order valence-corrected chi connectivity index (χ2v) is 10.9. The van der Waals surface area contributed by atoms with Crippen LogP contribution in [-0.2, 0) is 27.8 Å². The van der Waals surface area contributed by atoms with Crippen LogP contribution in [0, 0.1) is 6.92 Å². The summed E-state index contributed by atoms with van der Waals surface area (Å²) in [5, 5.41) is 0.0233. The Labute approximate surface area is 198 Å². The zero-order chi connectivity index (χ0) is 23.3. The van der Waals surface area contributed by atoms with Gasteiger partial charge in [0.2, 0.25) is 0 Å². The molecular formula is C23H25ClN2O4S2. The third kappa shape index (κ3) is 5.76. The number of hydrogen-bond donors (Lipinski definition) is 0. The Kier molecular flexibility index (Phi) is 8.08. The lowest BCUT2D eigenvalue weighted by atomic mass is 10.1. The van der Waals surface area contributed by atoms with Crippen molar-refractivity contribution in [2.75, 3.05) is 20.7 Å². The Bertz CT molecular complexity index is 1180. The first kappa shape index (κ1) is 24.4. The molecule has 6 nitrogen and oxygen atoms in total. The van der Waals surface area contributed by atoms with Crippen LogP contribution >= 0.6 is 22.9 Å². The van der Waals surface area contributed by atoms with E-state index < -0.39 is 10.0 Å². The first-order chi connectivity index (χ1) is 15.2. The van der Waals surface area contributed by atoms with E-state index in [1.165, 1.54) is 26.3 Å². The molecule has 0 saturated heterocycles. The zero-order valence-electron chi connectivity index (χ0n) is 18.1. The highest BCUT2D eigenvalue weighted by Gasteiger charge is 2.26. The Morgan fingerprint density at radius 3 is 2.44 bits per heavy atom. The van der Waals surface area contributed by atoms with Gasteiger partial charge >= 0.3 is 0 Å². The fourth-order valence-corrected chi connectivity index (χ4v) is 5.55. The van der Waals surface area contributed by atoms with E-state index in [0.29, 0.717) is 24.0 Å². The van der Waals surface area contributed by atoms with Crippen molar-refractivity contribution in [3.05, 3.63) is 86.6 Å². The quantitative estimate of drug-likeness (QED) is 0.403. The van der Waals surface area contributed by atoms with Gasteiger partial charge < -0.3 is 4.90 Å². The van der Waals surface area contributed by atoms with Gasteiger partial charge in [0.15, 0.2) is 0 Å². The molecule has 2 aromatic carbocycles. The second kappa shape index (κ2) is 10.6. The molecule has 0 unspecified atom stereocenters. The van der Waals surface area contributed by atoms with E-state index in [2.05, 4.69) is 0 Å². The van der Waals surface area contributed by atoms with Crippen molar-refractivity contribution in [1.82, 2.24) is 9.37 Å². The van der Waals surface area contributed by atoms with Crippen molar-refractivity contribution in [3.63, 3.8) is 0 Å². The van der Waals surface area contributed by atoms with Gasteiger partial charge in [-0.05, 0) is 49.2 Å². The molecule has 32 heavy (non-hydrogen) atoms. The van der Waals surface area contributed by atoms with Crippen LogP contribution in [0.3, 0.4) is 0 Å². The fourth-order valence-electron chi connectivity index (χ4n) is 3.17. The number of carbonyl (C=O) groups excluding carboxylic acids is 1. The average Bonchev–Trinajstić information content (AvgIpc) is 3.21. The largest absolute Gasteiger partial charge is 0.333 e. The van der Waals surface area contributed by atoms with Gasteiger partial charge in [-0.25, -0.2) is 8.42 Å². The Hall–Kier alpha value is -2.23. The number of halogens is 1. The molecule has 0 N–H and O–H groups in total. The van der Waals surface area contributed by atoms with Crippen LogP contribution in [0.1, 0.15) is 25.7 Å². The molecule has 1 aromatic heterocycles. The maximum atomic E-state index is 13.5. The summed E-state index contributed by atoms with van der Waals surface area (Å²) in [7, 11) is -1.49. The molecule has 0 radical (unpaired) electrons. The predicted molar refractivity (Wildman–Crippen MR) is 127 cm³/mol. The Morgan fingerprint density at radius 2 is 1.81 bits per heavy atom. The maximum absolute atomic E-state index is 13.5. The summed E-state index contributed by atoms with van der Waals surface area (Å²) in [6.45, 7) is 2.95. The first-order valence-electron chi connectivity index (χ1n) is 9.93. The molecule has 3 aromatic rings. The fraction of sp³-hybridized carbons (Fsp3) is 0.261. The van der Waals surface area contributed by atoms with Gasteiger partial charge in [-0.15, -0.1) is 11.3 Å². The van der Waals surface area contributed by atoms with E-state index in [1.807, 2.05) is 49.4 Å². The van der Waals surface area contributed by atoms with Gasteiger partial charge in [0.1, 0.15) is 4.90 Å². The van der Waals surface area contributed by atoms with E-state index in [1.54, 1.807) is 22.3 Å². The van der Waals surface area contributed by atoms with Crippen LogP contribution < -0.4 is 0 Å². The normalized spacial score (nSPS) is 11.7. The molecule has 0 aliphatic heterocycles. The lowest BCUT2D eigenvalue weighted by Crippen LogP contribution is -2.32. The molecule has 0 aliphatic carbocycles. The Morgan fingerprint density at radius 1 is 1.09 bits per heavy atom. The summed E-state index contributed by atoms with van der Waals surface area (Å²) in [6.07, 6.45) is 0.683. The minimum atomic E-state index is -4.00. The van der Waals surface area contributed by atoms with Crippen LogP contribution in [0.2, 0.25) is 5.02 Å². The zero-order valence-corrected chi connectivity index (χ0v) is 20.5. The number of sulfonamides is 1. The van der Waals surface area contributed by atoms with Gasteiger partial charge in [0.25, 0.3) is 15.9 Å². The van der Waals surface area contributed by atoms with Crippen LogP contribution in [0.5, 0.6) is 0 Å². The summed E-state index contributed by atoms with van der Waals surface area (Å²) in [5.74, 6) is -0.264. The number of nitrogens with zero attached hydrogens (tertiary/aromatic N) is 2. The van der Waals surface area contributed by atoms with Crippen LogP contribution in [0.4, 0.5) is 0 Å². The summed E-state index contributed by atoms with van der Waals surface area (Å²) < 4.78 is 26.2. The first-order valence-corrected chi connectivity index (χ1v) is 12.6. The smallest absolute Gasteiger partial charge is 0.266 e. The van der Waals surface area contributed by atoms with Gasteiger partial charge in [0.05, 0.1) is 18.7 Å². The van der Waals surface area contributed by atoms with Gasteiger partial charge in [-0.3, -0.25) is 9.63 Å². The SMILES string of the molecule is CON(C)S(=O)(=O)c1cc(C(=O)N(CCc2ccccc2)Cc2ccc(C)s2)ccc1Cl. The molecule has 170 valence electrons. The molecule has 0 saturated carbocycles. The highest BCUT2D eigenvalue weighted by atomic mass is 35.5. The number of carbonyl (C=O) groups is 1. The molecule has 0 spiro atoms. The summed E-state index contributed by atoms with van der Waals surface area (Å²) in [4.78, 5) is 22.1. The Balaban J connectivity index is 1.91.